The lowest BCUT2D eigenvalue weighted by Gasteiger charge is -2.16. The maximum absolute atomic E-state index is 13.0. The van der Waals surface area contributed by atoms with Gasteiger partial charge in [-0.05, 0) is 55.7 Å². The molecule has 1 aliphatic heterocycles. The van der Waals surface area contributed by atoms with Crippen LogP contribution in [0.5, 0.6) is 0 Å². The number of carbonyl (C=O) groups is 1. The highest BCUT2D eigenvalue weighted by Crippen LogP contribution is 2.31. The van der Waals surface area contributed by atoms with Crippen LogP contribution in [-0.2, 0) is 27.7 Å². The molecule has 8 nitrogen and oxygen atoms in total. The standard InChI is InChI=1S/C22H26N4O4S/c1-3-30-14-6-12-25-20-8-5-4-7-18(20)23-22(25)24-21(27)17-9-10-19-16(15-17)11-13-26(19)31(2,28)29/h4-5,7-10,15H,3,6,11-14H2,1-2H3,(H,23,24,27). The molecule has 9 heteroatoms. The van der Waals surface area contributed by atoms with E-state index in [1.807, 2.05) is 35.8 Å². The van der Waals surface area contributed by atoms with E-state index < -0.39 is 10.0 Å². The molecular weight excluding hydrogens is 416 g/mol. The monoisotopic (exact) mass is 442 g/mol. The van der Waals surface area contributed by atoms with Crippen LogP contribution < -0.4 is 9.62 Å². The molecular formula is C22H26N4O4S. The second-order valence-electron chi connectivity index (χ2n) is 7.51. The van der Waals surface area contributed by atoms with Gasteiger partial charge >= 0.3 is 0 Å². The molecule has 2 aromatic carbocycles. The molecule has 164 valence electrons. The Labute approximate surface area is 181 Å². The summed E-state index contributed by atoms with van der Waals surface area (Å²) in [5.74, 6) is 0.211. The summed E-state index contributed by atoms with van der Waals surface area (Å²) in [5.41, 5.74) is 3.73. The number of benzene rings is 2. The van der Waals surface area contributed by atoms with Crippen LogP contribution in [0.25, 0.3) is 11.0 Å². The second-order valence-corrected chi connectivity index (χ2v) is 9.42. The highest BCUT2D eigenvalue weighted by molar-refractivity contribution is 7.92. The van der Waals surface area contributed by atoms with Crippen molar-refractivity contribution in [3.8, 4) is 0 Å². The lowest BCUT2D eigenvalue weighted by molar-refractivity contribution is 0.102. The van der Waals surface area contributed by atoms with E-state index in [0.717, 1.165) is 23.0 Å². The quantitative estimate of drug-likeness (QED) is 0.541. The number of sulfonamides is 1. The van der Waals surface area contributed by atoms with Crippen molar-refractivity contribution in [1.29, 1.82) is 0 Å². The van der Waals surface area contributed by atoms with E-state index in [-0.39, 0.29) is 5.91 Å². The van der Waals surface area contributed by atoms with Gasteiger partial charge in [0, 0.05) is 31.9 Å². The van der Waals surface area contributed by atoms with Crippen LogP contribution in [0.3, 0.4) is 0 Å². The Balaban J connectivity index is 1.57. The van der Waals surface area contributed by atoms with E-state index in [4.69, 9.17) is 4.74 Å². The van der Waals surface area contributed by atoms with Crippen molar-refractivity contribution in [1.82, 2.24) is 9.55 Å². The molecule has 4 rings (SSSR count). The van der Waals surface area contributed by atoms with Crippen molar-refractivity contribution >= 4 is 38.6 Å². The summed E-state index contributed by atoms with van der Waals surface area (Å²) in [4.78, 5) is 17.6. The van der Waals surface area contributed by atoms with Gasteiger partial charge in [0.25, 0.3) is 5.91 Å². The Morgan fingerprint density at radius 2 is 2.03 bits per heavy atom. The molecule has 1 N–H and O–H groups in total. The van der Waals surface area contributed by atoms with Crippen molar-refractivity contribution in [2.45, 2.75) is 26.3 Å². The van der Waals surface area contributed by atoms with Gasteiger partial charge < -0.3 is 9.30 Å². The first kappa shape index (κ1) is 21.3. The first-order valence-corrected chi connectivity index (χ1v) is 12.2. The molecule has 0 aliphatic carbocycles. The third-order valence-electron chi connectivity index (χ3n) is 5.35. The minimum absolute atomic E-state index is 0.276. The summed E-state index contributed by atoms with van der Waals surface area (Å²) in [6, 6.07) is 12.9. The van der Waals surface area contributed by atoms with E-state index in [0.29, 0.717) is 49.9 Å². The Kier molecular flexibility index (Phi) is 5.97. The van der Waals surface area contributed by atoms with Crippen molar-refractivity contribution < 1.29 is 17.9 Å². The van der Waals surface area contributed by atoms with Crippen LogP contribution in [-0.4, -0.2) is 49.9 Å². The van der Waals surface area contributed by atoms with Gasteiger partial charge in [-0.2, -0.15) is 0 Å². The Morgan fingerprint density at radius 3 is 2.81 bits per heavy atom. The Bertz CT molecular complexity index is 1220. The second kappa shape index (κ2) is 8.68. The lowest BCUT2D eigenvalue weighted by Crippen LogP contribution is -2.27. The Hall–Kier alpha value is -2.91. The number of aryl methyl sites for hydroxylation is 1. The fourth-order valence-electron chi connectivity index (χ4n) is 3.90. The molecule has 31 heavy (non-hydrogen) atoms. The fourth-order valence-corrected chi connectivity index (χ4v) is 4.86. The summed E-state index contributed by atoms with van der Waals surface area (Å²) in [6.45, 7) is 4.34. The number of rotatable bonds is 8. The van der Waals surface area contributed by atoms with Gasteiger partial charge in [0.1, 0.15) is 0 Å². The number of hydrogen-bond donors (Lipinski definition) is 1. The molecule has 0 atom stereocenters. The van der Waals surface area contributed by atoms with E-state index in [2.05, 4.69) is 10.3 Å². The summed E-state index contributed by atoms with van der Waals surface area (Å²) in [6.07, 6.45) is 2.58. The fraction of sp³-hybridized carbons (Fsp3) is 0.364. The predicted molar refractivity (Wildman–Crippen MR) is 121 cm³/mol. The van der Waals surface area contributed by atoms with Crippen LogP contribution in [0.2, 0.25) is 0 Å². The third kappa shape index (κ3) is 4.42. The average Bonchev–Trinajstić information content (AvgIpc) is 3.32. The minimum atomic E-state index is -3.32. The van der Waals surface area contributed by atoms with Gasteiger partial charge in [0.05, 0.1) is 23.0 Å². The van der Waals surface area contributed by atoms with Crippen molar-refractivity contribution in [2.24, 2.45) is 0 Å². The molecule has 0 saturated heterocycles. The molecule has 0 radical (unpaired) electrons. The molecule has 1 amide bonds. The number of imidazole rings is 1. The van der Waals surface area contributed by atoms with Gasteiger partial charge in [-0.3, -0.25) is 14.4 Å². The largest absolute Gasteiger partial charge is 0.382 e. The zero-order chi connectivity index (χ0) is 22.0. The highest BCUT2D eigenvalue weighted by atomic mass is 32.2. The number of nitrogens with zero attached hydrogens (tertiary/aromatic N) is 3. The van der Waals surface area contributed by atoms with E-state index in [1.54, 1.807) is 18.2 Å². The van der Waals surface area contributed by atoms with Gasteiger partial charge in [0.15, 0.2) is 0 Å². The Morgan fingerprint density at radius 1 is 1.23 bits per heavy atom. The predicted octanol–water partition coefficient (Wildman–Crippen LogP) is 3.04. The van der Waals surface area contributed by atoms with Gasteiger partial charge in [-0.1, -0.05) is 12.1 Å². The molecule has 0 fully saturated rings. The number of ether oxygens (including phenoxy) is 1. The van der Waals surface area contributed by atoms with Crippen LogP contribution >= 0.6 is 0 Å². The molecule has 1 aliphatic rings. The minimum Gasteiger partial charge on any atom is -0.382 e. The maximum Gasteiger partial charge on any atom is 0.257 e. The van der Waals surface area contributed by atoms with Gasteiger partial charge in [-0.25, -0.2) is 13.4 Å². The van der Waals surface area contributed by atoms with Gasteiger partial charge in [-0.15, -0.1) is 0 Å². The zero-order valence-electron chi connectivity index (χ0n) is 17.7. The van der Waals surface area contributed by atoms with Crippen molar-refractivity contribution in [3.05, 3.63) is 53.6 Å². The van der Waals surface area contributed by atoms with Crippen LogP contribution in [0, 0.1) is 0 Å². The van der Waals surface area contributed by atoms with Crippen LogP contribution in [0.4, 0.5) is 11.6 Å². The average molecular weight is 443 g/mol. The van der Waals surface area contributed by atoms with Crippen molar-refractivity contribution in [3.63, 3.8) is 0 Å². The molecule has 0 unspecified atom stereocenters. The number of fused-ring (bicyclic) bond motifs is 2. The summed E-state index contributed by atoms with van der Waals surface area (Å²) >= 11 is 0. The van der Waals surface area contributed by atoms with E-state index >= 15 is 0 Å². The third-order valence-corrected chi connectivity index (χ3v) is 6.53. The number of carbonyl (C=O) groups excluding carboxylic acids is 1. The molecule has 0 saturated carbocycles. The first-order chi connectivity index (χ1) is 14.9. The number of hydrogen-bond acceptors (Lipinski definition) is 5. The molecule has 0 spiro atoms. The maximum atomic E-state index is 13.0. The van der Waals surface area contributed by atoms with Gasteiger partial charge in [0.2, 0.25) is 16.0 Å². The SMILES string of the molecule is CCOCCCn1c(NC(=O)c2ccc3c(c2)CCN3S(C)(=O)=O)nc2ccccc21. The topological polar surface area (TPSA) is 93.5 Å². The number of anilines is 2. The normalized spacial score (nSPS) is 13.5. The summed E-state index contributed by atoms with van der Waals surface area (Å²) in [7, 11) is -3.32. The van der Waals surface area contributed by atoms with Crippen LogP contribution in [0.15, 0.2) is 42.5 Å². The number of amides is 1. The molecule has 1 aromatic heterocycles. The van der Waals surface area contributed by atoms with E-state index in [1.165, 1.54) is 10.6 Å². The zero-order valence-corrected chi connectivity index (χ0v) is 18.5. The van der Waals surface area contributed by atoms with Crippen molar-refractivity contribution in [2.75, 3.05) is 35.6 Å². The summed E-state index contributed by atoms with van der Waals surface area (Å²) < 4.78 is 32.7. The molecule has 0 bridgehead atoms. The lowest BCUT2D eigenvalue weighted by atomic mass is 10.1. The highest BCUT2D eigenvalue weighted by Gasteiger charge is 2.27. The smallest absolute Gasteiger partial charge is 0.257 e. The number of nitrogens with one attached hydrogen (secondary N) is 1. The van der Waals surface area contributed by atoms with Crippen LogP contribution in [0.1, 0.15) is 29.3 Å². The molecule has 3 aromatic rings. The van der Waals surface area contributed by atoms with E-state index in [9.17, 15) is 13.2 Å². The first-order valence-electron chi connectivity index (χ1n) is 10.3. The summed E-state index contributed by atoms with van der Waals surface area (Å²) in [5, 5.41) is 2.93. The number of para-hydroxylation sites is 2. The number of aromatic nitrogens is 2. The molecule has 2 heterocycles.